The highest BCUT2D eigenvalue weighted by molar-refractivity contribution is 8.14. The Balaban J connectivity index is 1.89. The number of carbonyl (C=O) groups is 2. The molecule has 2 aromatic rings. The van der Waals surface area contributed by atoms with Gasteiger partial charge in [-0.3, -0.25) is 14.5 Å². The normalized spacial score (nSPS) is 19.3. The second-order valence-corrected chi connectivity index (χ2v) is 11.7. The molecule has 0 saturated carbocycles. The summed E-state index contributed by atoms with van der Waals surface area (Å²) in [6.45, 7) is 11.9. The Morgan fingerprint density at radius 1 is 0.938 bits per heavy atom. The number of hydrogen-bond acceptors (Lipinski definition) is 4. The van der Waals surface area contributed by atoms with Gasteiger partial charge >= 0.3 is 0 Å². The van der Waals surface area contributed by atoms with Crippen LogP contribution in [0.25, 0.3) is 11.1 Å². The van der Waals surface area contributed by atoms with Gasteiger partial charge in [-0.25, -0.2) is 0 Å². The first-order valence-corrected chi connectivity index (χ1v) is 12.3. The number of imide groups is 1. The van der Waals surface area contributed by atoms with Gasteiger partial charge in [0.05, 0.1) is 12.3 Å². The van der Waals surface area contributed by atoms with Gasteiger partial charge in [-0.15, -0.1) is 0 Å². The van der Waals surface area contributed by atoms with Crippen molar-refractivity contribution in [2.75, 3.05) is 24.7 Å². The molecule has 1 saturated heterocycles. The third-order valence-corrected chi connectivity index (χ3v) is 8.13. The molecule has 4 nitrogen and oxygen atoms in total. The number of nitrogens with zero attached hydrogens (tertiary/aromatic N) is 2. The van der Waals surface area contributed by atoms with Crippen LogP contribution in [0.15, 0.2) is 30.3 Å². The fourth-order valence-electron chi connectivity index (χ4n) is 4.95. The lowest BCUT2D eigenvalue weighted by molar-refractivity contribution is -0.125. The number of fused-ring (bicyclic) bond motifs is 1. The van der Waals surface area contributed by atoms with Crippen LogP contribution in [0.5, 0.6) is 0 Å². The van der Waals surface area contributed by atoms with Crippen molar-refractivity contribution in [2.24, 2.45) is 0 Å². The van der Waals surface area contributed by atoms with E-state index in [2.05, 4.69) is 69.9 Å². The van der Waals surface area contributed by atoms with Gasteiger partial charge in [-0.1, -0.05) is 57.7 Å². The average molecular weight is 451 g/mol. The summed E-state index contributed by atoms with van der Waals surface area (Å²) in [6, 6.07) is 11.1. The maximum atomic E-state index is 12.3. The SMILES string of the molecule is Cc1cc2c(cc1-c1cc(N(C)C)ccc1CN1C(=O)CSC1=O)C(C)(C)CCC2(C)C. The van der Waals surface area contributed by atoms with Crippen molar-refractivity contribution in [3.8, 4) is 11.1 Å². The highest BCUT2D eigenvalue weighted by Gasteiger charge is 2.38. The molecular weight excluding hydrogens is 416 g/mol. The van der Waals surface area contributed by atoms with Crippen molar-refractivity contribution in [1.82, 2.24) is 4.90 Å². The van der Waals surface area contributed by atoms with Crippen LogP contribution in [-0.2, 0) is 22.2 Å². The fraction of sp³-hybridized carbons (Fsp3) is 0.481. The molecule has 1 aliphatic carbocycles. The number of rotatable bonds is 4. The number of amides is 2. The summed E-state index contributed by atoms with van der Waals surface area (Å²) in [5.74, 6) is 0.137. The molecule has 0 radical (unpaired) electrons. The van der Waals surface area contributed by atoms with Crippen LogP contribution in [0.3, 0.4) is 0 Å². The minimum Gasteiger partial charge on any atom is -0.378 e. The molecule has 5 heteroatoms. The van der Waals surface area contributed by atoms with Crippen LogP contribution in [0, 0.1) is 6.92 Å². The summed E-state index contributed by atoms with van der Waals surface area (Å²) in [7, 11) is 4.07. The monoisotopic (exact) mass is 450 g/mol. The lowest BCUT2D eigenvalue weighted by Gasteiger charge is -2.42. The van der Waals surface area contributed by atoms with E-state index < -0.39 is 0 Å². The molecule has 1 heterocycles. The van der Waals surface area contributed by atoms with Crippen molar-refractivity contribution in [1.29, 1.82) is 0 Å². The van der Waals surface area contributed by atoms with Crippen molar-refractivity contribution in [3.05, 3.63) is 52.6 Å². The maximum absolute atomic E-state index is 12.3. The number of anilines is 1. The smallest absolute Gasteiger partial charge is 0.289 e. The summed E-state index contributed by atoms with van der Waals surface area (Å²) in [5, 5.41) is -0.150. The second-order valence-electron chi connectivity index (χ2n) is 10.8. The first-order valence-electron chi connectivity index (χ1n) is 11.3. The Labute approximate surface area is 196 Å². The van der Waals surface area contributed by atoms with Crippen LogP contribution >= 0.6 is 11.8 Å². The lowest BCUT2D eigenvalue weighted by atomic mass is 9.62. The first-order chi connectivity index (χ1) is 14.9. The van der Waals surface area contributed by atoms with E-state index >= 15 is 0 Å². The third-order valence-electron chi connectivity index (χ3n) is 7.27. The summed E-state index contributed by atoms with van der Waals surface area (Å²) < 4.78 is 0. The molecule has 2 amide bonds. The minimum absolute atomic E-state index is 0.104. The van der Waals surface area contributed by atoms with Crippen LogP contribution in [0.4, 0.5) is 10.5 Å². The molecule has 2 aliphatic rings. The zero-order valence-corrected chi connectivity index (χ0v) is 21.2. The molecule has 0 unspecified atom stereocenters. The fourth-order valence-corrected chi connectivity index (χ4v) is 5.67. The second kappa shape index (κ2) is 7.95. The van der Waals surface area contributed by atoms with E-state index in [1.54, 1.807) is 0 Å². The predicted molar refractivity (Wildman–Crippen MR) is 135 cm³/mol. The molecule has 4 rings (SSSR count). The average Bonchev–Trinajstić information content (AvgIpc) is 3.03. The van der Waals surface area contributed by atoms with E-state index in [4.69, 9.17) is 0 Å². The number of carbonyl (C=O) groups excluding carboxylic acids is 2. The zero-order valence-electron chi connectivity index (χ0n) is 20.3. The Bertz CT molecular complexity index is 1090. The van der Waals surface area contributed by atoms with Gasteiger partial charge in [0.25, 0.3) is 5.24 Å². The molecule has 0 bridgehead atoms. The van der Waals surface area contributed by atoms with E-state index in [0.717, 1.165) is 35.0 Å². The summed E-state index contributed by atoms with van der Waals surface area (Å²) in [4.78, 5) is 28.1. The molecule has 32 heavy (non-hydrogen) atoms. The van der Waals surface area contributed by atoms with E-state index in [-0.39, 0.29) is 27.7 Å². The number of thioether (sulfide) groups is 1. The minimum atomic E-state index is -0.150. The van der Waals surface area contributed by atoms with Gasteiger partial charge in [0.15, 0.2) is 0 Å². The van der Waals surface area contributed by atoms with E-state index in [9.17, 15) is 9.59 Å². The standard InChI is InChI=1S/C27H34N2O2S/c1-17-12-22-23(27(4,5)11-10-26(22,2)3)14-20(17)21-13-19(28(6)7)9-8-18(21)15-29-24(30)16-32-25(29)31/h8-9,12-14H,10-11,15-16H2,1-7H3. The number of benzene rings is 2. The van der Waals surface area contributed by atoms with Crippen LogP contribution in [-0.4, -0.2) is 35.9 Å². The molecule has 0 atom stereocenters. The maximum Gasteiger partial charge on any atom is 0.289 e. The van der Waals surface area contributed by atoms with Crippen molar-refractivity contribution >= 4 is 28.6 Å². The molecular formula is C27H34N2O2S. The van der Waals surface area contributed by atoms with Gasteiger partial charge in [0.1, 0.15) is 0 Å². The van der Waals surface area contributed by atoms with Gasteiger partial charge in [-0.05, 0) is 76.1 Å². The molecule has 0 aromatic heterocycles. The predicted octanol–water partition coefficient (Wildman–Crippen LogP) is 6.27. The van der Waals surface area contributed by atoms with Gasteiger partial charge < -0.3 is 4.90 Å². The molecule has 2 aromatic carbocycles. The number of hydrogen-bond donors (Lipinski definition) is 0. The Hall–Kier alpha value is -2.27. The van der Waals surface area contributed by atoms with Gasteiger partial charge in [-0.2, -0.15) is 0 Å². The Kier molecular flexibility index (Phi) is 5.69. The van der Waals surface area contributed by atoms with E-state index in [0.29, 0.717) is 6.54 Å². The van der Waals surface area contributed by atoms with Gasteiger partial charge in [0.2, 0.25) is 5.91 Å². The number of aryl methyl sites for hydroxylation is 1. The Morgan fingerprint density at radius 3 is 2.12 bits per heavy atom. The first kappa shape index (κ1) is 22.9. The lowest BCUT2D eigenvalue weighted by Crippen LogP contribution is -2.34. The largest absolute Gasteiger partial charge is 0.378 e. The molecule has 1 aliphatic heterocycles. The molecule has 0 N–H and O–H groups in total. The van der Waals surface area contributed by atoms with Crippen molar-refractivity contribution in [2.45, 2.75) is 64.8 Å². The molecule has 1 fully saturated rings. The van der Waals surface area contributed by atoms with Crippen LogP contribution < -0.4 is 4.90 Å². The van der Waals surface area contributed by atoms with E-state index in [1.165, 1.54) is 33.6 Å². The van der Waals surface area contributed by atoms with Crippen molar-refractivity contribution < 1.29 is 9.59 Å². The molecule has 0 spiro atoms. The quantitative estimate of drug-likeness (QED) is 0.550. The van der Waals surface area contributed by atoms with Crippen LogP contribution in [0.2, 0.25) is 0 Å². The van der Waals surface area contributed by atoms with Crippen molar-refractivity contribution in [3.63, 3.8) is 0 Å². The third kappa shape index (κ3) is 3.96. The summed E-state index contributed by atoms with van der Waals surface area (Å²) in [5.41, 5.74) is 8.79. The highest BCUT2D eigenvalue weighted by Crippen LogP contribution is 2.48. The molecule has 170 valence electrons. The van der Waals surface area contributed by atoms with E-state index in [1.807, 2.05) is 14.1 Å². The highest BCUT2D eigenvalue weighted by atomic mass is 32.2. The summed E-state index contributed by atoms with van der Waals surface area (Å²) >= 11 is 1.09. The zero-order chi connectivity index (χ0) is 23.4. The van der Waals surface area contributed by atoms with Crippen LogP contribution in [0.1, 0.15) is 62.8 Å². The van der Waals surface area contributed by atoms with Gasteiger partial charge in [0, 0.05) is 19.8 Å². The Morgan fingerprint density at radius 2 is 1.56 bits per heavy atom. The topological polar surface area (TPSA) is 40.6 Å². The summed E-state index contributed by atoms with van der Waals surface area (Å²) in [6.07, 6.45) is 2.35.